The average molecular weight is 471 g/mol. The molecule has 0 aliphatic rings. The van der Waals surface area contributed by atoms with Crippen LogP contribution >= 0.6 is 7.72 Å². The zero-order valence-electron chi connectivity index (χ0n) is 17.4. The fraction of sp³-hybridized carbons (Fsp3) is 0.0769. The second-order valence-corrected chi connectivity index (χ2v) is 9.89. The molecule has 33 heavy (non-hydrogen) atoms. The predicted molar refractivity (Wildman–Crippen MR) is 121 cm³/mol. The number of rotatable bonds is 8. The maximum Gasteiger partial charge on any atom is 0.340 e. The van der Waals surface area contributed by atoms with Crippen LogP contribution in [0.1, 0.15) is 11.1 Å². The van der Waals surface area contributed by atoms with Gasteiger partial charge in [0.25, 0.3) is 0 Å². The summed E-state index contributed by atoms with van der Waals surface area (Å²) in [6.45, 7) is -0.398. The molecule has 4 aromatic rings. The van der Waals surface area contributed by atoms with Gasteiger partial charge in [0.1, 0.15) is 36.5 Å². The Balaban J connectivity index is 1.76. The standard InChI is InChI=1S/C26H20F4O2P/c27-21-13-11-19(25(29)15-21)17-31-33(23-7-3-1-4-8-23,24-9-5-2-6-10-24)32-18-20-12-14-22(28)16-26(20)30/h1-16H,17-18H2/q+1. The first-order valence-electron chi connectivity index (χ1n) is 10.2. The van der Waals surface area contributed by atoms with Crippen molar-refractivity contribution in [3.8, 4) is 0 Å². The van der Waals surface area contributed by atoms with Gasteiger partial charge in [-0.3, -0.25) is 0 Å². The van der Waals surface area contributed by atoms with Crippen LogP contribution in [-0.2, 0) is 22.3 Å². The van der Waals surface area contributed by atoms with E-state index in [1.165, 1.54) is 12.1 Å². The van der Waals surface area contributed by atoms with Crippen molar-refractivity contribution < 1.29 is 26.6 Å². The maximum atomic E-state index is 14.3. The molecule has 2 nitrogen and oxygen atoms in total. The second kappa shape index (κ2) is 10.3. The molecule has 0 radical (unpaired) electrons. The van der Waals surface area contributed by atoms with Gasteiger partial charge < -0.3 is 0 Å². The molecule has 0 amide bonds. The maximum absolute atomic E-state index is 14.3. The van der Waals surface area contributed by atoms with E-state index in [1.807, 2.05) is 60.7 Å². The Bertz CT molecular complexity index is 1120. The van der Waals surface area contributed by atoms with Gasteiger partial charge in [0.2, 0.25) is 0 Å². The lowest BCUT2D eigenvalue weighted by Gasteiger charge is -2.24. The number of halogens is 4. The van der Waals surface area contributed by atoms with Gasteiger partial charge in [-0.15, -0.1) is 0 Å². The molecule has 0 aromatic heterocycles. The molecule has 0 atom stereocenters. The van der Waals surface area contributed by atoms with Crippen LogP contribution in [0.5, 0.6) is 0 Å². The molecular weight excluding hydrogens is 451 g/mol. The summed E-state index contributed by atoms with van der Waals surface area (Å²) in [4.78, 5) is 0. The molecule has 0 N–H and O–H groups in total. The van der Waals surface area contributed by atoms with Crippen molar-refractivity contribution in [1.29, 1.82) is 0 Å². The van der Waals surface area contributed by atoms with Crippen LogP contribution in [0.15, 0.2) is 97.1 Å². The van der Waals surface area contributed by atoms with Crippen molar-refractivity contribution >= 4 is 18.3 Å². The Hall–Kier alpha value is -3.05. The van der Waals surface area contributed by atoms with Crippen molar-refractivity contribution in [2.24, 2.45) is 0 Å². The first-order chi connectivity index (χ1) is 16.0. The molecule has 0 saturated heterocycles. The summed E-state index contributed by atoms with van der Waals surface area (Å²) >= 11 is 0. The zero-order valence-corrected chi connectivity index (χ0v) is 18.3. The van der Waals surface area contributed by atoms with Crippen molar-refractivity contribution in [1.82, 2.24) is 0 Å². The highest BCUT2D eigenvalue weighted by Gasteiger charge is 2.48. The molecule has 0 fully saturated rings. The Morgan fingerprint density at radius 2 is 0.909 bits per heavy atom. The molecule has 7 heteroatoms. The third kappa shape index (κ3) is 5.31. The number of benzene rings is 4. The monoisotopic (exact) mass is 471 g/mol. The van der Waals surface area contributed by atoms with E-state index in [0.29, 0.717) is 10.6 Å². The van der Waals surface area contributed by atoms with Gasteiger partial charge in [-0.1, -0.05) is 48.5 Å². The summed E-state index contributed by atoms with van der Waals surface area (Å²) in [5.74, 6) is -2.85. The van der Waals surface area contributed by atoms with E-state index in [2.05, 4.69) is 0 Å². The van der Waals surface area contributed by atoms with Gasteiger partial charge >= 0.3 is 7.72 Å². The van der Waals surface area contributed by atoms with Gasteiger partial charge in [-0.2, -0.15) is 9.05 Å². The molecule has 168 valence electrons. The normalized spacial score (nSPS) is 11.5. The highest BCUT2D eigenvalue weighted by Crippen LogP contribution is 2.60. The lowest BCUT2D eigenvalue weighted by molar-refractivity contribution is 0.227. The summed E-state index contributed by atoms with van der Waals surface area (Å²) in [5, 5.41) is 1.39. The highest BCUT2D eigenvalue weighted by atomic mass is 31.2. The van der Waals surface area contributed by atoms with E-state index in [9.17, 15) is 17.6 Å². The van der Waals surface area contributed by atoms with E-state index < -0.39 is 31.0 Å². The van der Waals surface area contributed by atoms with Crippen molar-refractivity contribution in [3.05, 3.63) is 131 Å². The van der Waals surface area contributed by atoms with Crippen LogP contribution in [0.25, 0.3) is 0 Å². The van der Waals surface area contributed by atoms with Gasteiger partial charge in [-0.05, 0) is 36.4 Å². The summed E-state index contributed by atoms with van der Waals surface area (Å²) in [5.41, 5.74) is 0.313. The lowest BCUT2D eigenvalue weighted by Crippen LogP contribution is -2.26. The minimum atomic E-state index is -3.12. The predicted octanol–water partition coefficient (Wildman–Crippen LogP) is 6.48. The Labute approximate surface area is 189 Å². The third-order valence-electron chi connectivity index (χ3n) is 5.03. The summed E-state index contributed by atoms with van der Waals surface area (Å²) < 4.78 is 68.1. The summed E-state index contributed by atoms with van der Waals surface area (Å²) in [6.07, 6.45) is 0. The molecule has 4 aromatic carbocycles. The highest BCUT2D eigenvalue weighted by molar-refractivity contribution is 7.81. The van der Waals surface area contributed by atoms with Crippen LogP contribution in [0, 0.1) is 23.3 Å². The van der Waals surface area contributed by atoms with Crippen molar-refractivity contribution in [2.75, 3.05) is 0 Å². The first kappa shape index (κ1) is 23.1. The lowest BCUT2D eigenvalue weighted by atomic mass is 10.2. The molecule has 0 spiro atoms. The number of hydrogen-bond acceptors (Lipinski definition) is 2. The SMILES string of the molecule is Fc1ccc(CO[P+](OCc2ccc(F)cc2F)(c2ccccc2)c2ccccc2)c(F)c1. The van der Waals surface area contributed by atoms with Crippen molar-refractivity contribution in [2.45, 2.75) is 13.2 Å². The van der Waals surface area contributed by atoms with Crippen LogP contribution < -0.4 is 10.6 Å². The van der Waals surface area contributed by atoms with E-state index in [1.54, 1.807) is 0 Å². The Morgan fingerprint density at radius 1 is 0.515 bits per heavy atom. The molecule has 0 bridgehead atoms. The van der Waals surface area contributed by atoms with E-state index in [4.69, 9.17) is 9.05 Å². The Kier molecular flexibility index (Phi) is 7.19. The van der Waals surface area contributed by atoms with E-state index in [0.717, 1.165) is 24.3 Å². The quantitative estimate of drug-likeness (QED) is 0.217. The molecule has 0 saturated carbocycles. The molecule has 0 aliphatic heterocycles. The zero-order chi connectivity index (χ0) is 23.3. The van der Waals surface area contributed by atoms with Crippen LogP contribution in [0.3, 0.4) is 0 Å². The first-order valence-corrected chi connectivity index (χ1v) is 11.8. The average Bonchev–Trinajstić information content (AvgIpc) is 2.82. The molecular formula is C26H20F4O2P+. The van der Waals surface area contributed by atoms with Gasteiger partial charge in [0.15, 0.2) is 10.6 Å². The second-order valence-electron chi connectivity index (χ2n) is 7.24. The van der Waals surface area contributed by atoms with E-state index >= 15 is 0 Å². The smallest absolute Gasteiger partial charge is 0.207 e. The third-order valence-corrected chi connectivity index (χ3v) is 7.97. The molecule has 0 aliphatic carbocycles. The fourth-order valence-corrected chi connectivity index (χ4v) is 6.07. The van der Waals surface area contributed by atoms with Gasteiger partial charge in [0.05, 0.1) is 0 Å². The molecule has 4 rings (SSSR count). The largest absolute Gasteiger partial charge is 0.340 e. The minimum absolute atomic E-state index is 0.157. The molecule has 0 heterocycles. The summed E-state index contributed by atoms with van der Waals surface area (Å²) in [7, 11) is -3.12. The Morgan fingerprint density at radius 3 is 1.27 bits per heavy atom. The van der Waals surface area contributed by atoms with Gasteiger partial charge in [-0.25, -0.2) is 17.6 Å². The minimum Gasteiger partial charge on any atom is -0.207 e. The number of hydrogen-bond donors (Lipinski definition) is 0. The van der Waals surface area contributed by atoms with Crippen LogP contribution in [-0.4, -0.2) is 0 Å². The van der Waals surface area contributed by atoms with Gasteiger partial charge in [0, 0.05) is 23.3 Å². The molecule has 0 unspecified atom stereocenters. The van der Waals surface area contributed by atoms with E-state index in [-0.39, 0.29) is 24.3 Å². The summed E-state index contributed by atoms with van der Waals surface area (Å²) in [6, 6.07) is 24.7. The van der Waals surface area contributed by atoms with Crippen LogP contribution in [0.2, 0.25) is 0 Å². The fourth-order valence-electron chi connectivity index (χ4n) is 3.33. The topological polar surface area (TPSA) is 18.5 Å². The van der Waals surface area contributed by atoms with Crippen LogP contribution in [0.4, 0.5) is 17.6 Å². The van der Waals surface area contributed by atoms with Crippen molar-refractivity contribution in [3.63, 3.8) is 0 Å².